The molecule has 0 spiro atoms. The van der Waals surface area contributed by atoms with Gasteiger partial charge in [-0.3, -0.25) is 9.59 Å². The number of hydrogen-bond acceptors (Lipinski definition) is 8. The van der Waals surface area contributed by atoms with E-state index in [1.165, 1.54) is 0 Å². The van der Waals surface area contributed by atoms with Crippen molar-refractivity contribution in [3.63, 3.8) is 0 Å². The summed E-state index contributed by atoms with van der Waals surface area (Å²) in [5.41, 5.74) is 2.37. The van der Waals surface area contributed by atoms with Gasteiger partial charge in [-0.1, -0.05) is 41.6 Å². The highest BCUT2D eigenvalue weighted by Crippen LogP contribution is 2.43. The van der Waals surface area contributed by atoms with Crippen molar-refractivity contribution in [1.29, 1.82) is 0 Å². The predicted octanol–water partition coefficient (Wildman–Crippen LogP) is 5.81. The molecule has 0 unspecified atom stereocenters. The molecule has 2 amide bonds. The number of carbonyl (C=O) groups excluding carboxylic acids is 2. The largest absolute Gasteiger partial charge is 0.494 e. The molecule has 2 N–H and O–H groups in total. The average molecular weight is 741 g/mol. The van der Waals surface area contributed by atoms with Crippen molar-refractivity contribution in [3.05, 3.63) is 63.1 Å². The molecule has 7 rings (SSSR count). The van der Waals surface area contributed by atoms with Crippen LogP contribution in [0, 0.1) is 0 Å². The number of fused-ring (bicyclic) bond motifs is 2. The molecule has 5 aliphatic heterocycles. The van der Waals surface area contributed by atoms with E-state index >= 15 is 0 Å². The quantitative estimate of drug-likeness (QED) is 0.372. The predicted molar refractivity (Wildman–Crippen MR) is 198 cm³/mol. The van der Waals surface area contributed by atoms with Gasteiger partial charge in [-0.25, -0.2) is 0 Å². The number of nitrogens with one attached hydrogen (secondary N) is 2. The second kappa shape index (κ2) is 13.4. The second-order valence-electron chi connectivity index (χ2n) is 15.9. The summed E-state index contributed by atoms with van der Waals surface area (Å²) in [6, 6.07) is 11.6. The van der Waals surface area contributed by atoms with Gasteiger partial charge >= 0.3 is 21.1 Å². The summed E-state index contributed by atoms with van der Waals surface area (Å²) in [6.07, 6.45) is 0. The molecule has 3 saturated heterocycles. The molecule has 3 fully saturated rings. The van der Waals surface area contributed by atoms with Crippen LogP contribution in [0.1, 0.15) is 122 Å². The van der Waals surface area contributed by atoms with Crippen molar-refractivity contribution in [2.45, 2.75) is 137 Å². The van der Waals surface area contributed by atoms with Gasteiger partial charge in [0, 0.05) is 28.7 Å². The zero-order valence-electron chi connectivity index (χ0n) is 30.3. The molecule has 14 heteroatoms. The molecule has 49 heavy (non-hydrogen) atoms. The smallest absolute Gasteiger partial charge is 0.405 e. The molecular weight excluding hydrogens is 689 g/mol. The molecule has 266 valence electrons. The fourth-order valence-electron chi connectivity index (χ4n) is 5.54. The normalized spacial score (nSPS) is 24.1. The highest BCUT2D eigenvalue weighted by molar-refractivity contribution is 9.10. The van der Waals surface area contributed by atoms with Crippen molar-refractivity contribution in [1.82, 2.24) is 10.6 Å². The Hall–Kier alpha value is -2.19. The van der Waals surface area contributed by atoms with Crippen LogP contribution in [0.25, 0.3) is 0 Å². The van der Waals surface area contributed by atoms with Crippen molar-refractivity contribution in [3.8, 4) is 0 Å². The van der Waals surface area contributed by atoms with Crippen LogP contribution < -0.4 is 16.1 Å². The Bertz CT molecular complexity index is 1510. The standard InChI is InChI=1S/C14H18BNO3.C12H24B2O4.C8H6BrNO.CH4/c1-13(2)14(3,4)19-15(18-13)10-6-5-9-8-16-12(17)11(9)7-10;1-9(2)10(3,4)16-13(15-9)14-17-11(5,6)12(7,8)18-14;9-6-2-1-5-4-10-8(11)7(5)3-6;/h5-7H,8H2,1-4H3,(H,16,17);1-8H3;1-3H,4H2,(H,10,11);1H4. The Labute approximate surface area is 302 Å². The van der Waals surface area contributed by atoms with E-state index in [2.05, 4.69) is 26.6 Å². The summed E-state index contributed by atoms with van der Waals surface area (Å²) in [5, 5.41) is 5.57. The van der Waals surface area contributed by atoms with Crippen LogP contribution in [0.5, 0.6) is 0 Å². The van der Waals surface area contributed by atoms with Crippen LogP contribution in [0.2, 0.25) is 0 Å². The van der Waals surface area contributed by atoms with E-state index in [0.717, 1.165) is 32.2 Å². The molecule has 10 nitrogen and oxygen atoms in total. The van der Waals surface area contributed by atoms with Gasteiger partial charge in [-0.15, -0.1) is 0 Å². The molecule has 0 radical (unpaired) electrons. The fourth-order valence-corrected chi connectivity index (χ4v) is 5.90. The Balaban J connectivity index is 0.000000169. The Kier molecular flexibility index (Phi) is 10.8. The van der Waals surface area contributed by atoms with E-state index < -0.39 is 21.1 Å². The molecule has 0 aromatic heterocycles. The van der Waals surface area contributed by atoms with Crippen LogP contribution in [-0.4, -0.2) is 66.6 Å². The molecule has 0 bridgehead atoms. The highest BCUT2D eigenvalue weighted by Gasteiger charge is 2.63. The molecular formula is C35H52B3BrN2O8. The average Bonchev–Trinajstić information content (AvgIpc) is 3.69. The van der Waals surface area contributed by atoms with E-state index in [9.17, 15) is 9.59 Å². The van der Waals surface area contributed by atoms with E-state index in [1.54, 1.807) is 0 Å². The third-order valence-corrected chi connectivity index (χ3v) is 11.4. The Morgan fingerprint density at radius 2 is 0.898 bits per heavy atom. The number of benzene rings is 2. The number of hydrogen-bond donors (Lipinski definition) is 2. The first-order chi connectivity index (χ1) is 22.0. The minimum absolute atomic E-state index is 0. The summed E-state index contributed by atoms with van der Waals surface area (Å²) >= 11 is 3.31. The lowest BCUT2D eigenvalue weighted by atomic mass is 9.49. The molecule has 0 atom stereocenters. The van der Waals surface area contributed by atoms with Gasteiger partial charge in [0.25, 0.3) is 11.8 Å². The van der Waals surface area contributed by atoms with Gasteiger partial charge in [0.15, 0.2) is 0 Å². The lowest BCUT2D eigenvalue weighted by Crippen LogP contribution is -2.41. The number of amides is 2. The Morgan fingerprint density at radius 1 is 0.551 bits per heavy atom. The first kappa shape index (κ1) is 39.6. The summed E-state index contributed by atoms with van der Waals surface area (Å²) in [4.78, 5) is 22.8. The van der Waals surface area contributed by atoms with E-state index in [0.29, 0.717) is 13.1 Å². The summed E-state index contributed by atoms with van der Waals surface area (Å²) in [5.74, 6) is 0.00895. The van der Waals surface area contributed by atoms with E-state index in [-0.39, 0.29) is 52.8 Å². The molecule has 2 aromatic carbocycles. The summed E-state index contributed by atoms with van der Waals surface area (Å²) in [6.45, 7) is 25.6. The van der Waals surface area contributed by atoms with Gasteiger partial charge in [-0.2, -0.15) is 0 Å². The third-order valence-electron chi connectivity index (χ3n) is 10.9. The first-order valence-electron chi connectivity index (χ1n) is 16.5. The van der Waals surface area contributed by atoms with Crippen LogP contribution >= 0.6 is 15.9 Å². The lowest BCUT2D eigenvalue weighted by Gasteiger charge is -2.32. The van der Waals surface area contributed by atoms with E-state index in [1.807, 2.05) is 119 Å². The first-order valence-corrected chi connectivity index (χ1v) is 17.3. The van der Waals surface area contributed by atoms with Gasteiger partial charge < -0.3 is 38.6 Å². The maximum Gasteiger partial charge on any atom is 0.494 e. The summed E-state index contributed by atoms with van der Waals surface area (Å²) < 4.78 is 36.8. The minimum Gasteiger partial charge on any atom is -0.405 e. The van der Waals surface area contributed by atoms with Crippen LogP contribution in [0.3, 0.4) is 0 Å². The third kappa shape index (κ3) is 7.71. The van der Waals surface area contributed by atoms with Crippen molar-refractivity contribution in [2.24, 2.45) is 0 Å². The van der Waals surface area contributed by atoms with Gasteiger partial charge in [0.2, 0.25) is 0 Å². The highest BCUT2D eigenvalue weighted by atomic mass is 79.9. The molecule has 0 saturated carbocycles. The van der Waals surface area contributed by atoms with Crippen molar-refractivity contribution < 1.29 is 37.5 Å². The SMILES string of the molecule is C.CC1(C)OB(B2OC(C)(C)C(C)(C)O2)OC1(C)C.CC1(C)OB(c2ccc3c(c2)C(=O)NC3)OC1(C)C.O=C1NCc2ccc(Br)cc21. The van der Waals surface area contributed by atoms with Gasteiger partial charge in [0.1, 0.15) is 0 Å². The van der Waals surface area contributed by atoms with Crippen LogP contribution in [0.4, 0.5) is 0 Å². The van der Waals surface area contributed by atoms with Gasteiger partial charge in [-0.05, 0) is 118 Å². The van der Waals surface area contributed by atoms with Crippen LogP contribution in [0.15, 0.2) is 40.9 Å². The number of carbonyl (C=O) groups is 2. The van der Waals surface area contributed by atoms with Gasteiger partial charge in [0.05, 0.1) is 33.6 Å². The van der Waals surface area contributed by atoms with Crippen molar-refractivity contribution >= 4 is 54.3 Å². The monoisotopic (exact) mass is 740 g/mol. The molecule has 2 aromatic rings. The second-order valence-corrected chi connectivity index (χ2v) is 16.8. The lowest BCUT2D eigenvalue weighted by molar-refractivity contribution is 0.00578. The zero-order chi connectivity index (χ0) is 35.7. The summed E-state index contributed by atoms with van der Waals surface area (Å²) in [7, 11) is -1.37. The molecule has 5 aliphatic rings. The van der Waals surface area contributed by atoms with Crippen LogP contribution in [-0.2, 0) is 41.0 Å². The van der Waals surface area contributed by atoms with E-state index in [4.69, 9.17) is 27.9 Å². The minimum atomic E-state index is -0.476. The fraction of sp³-hybridized carbons (Fsp3) is 0.600. The maximum absolute atomic E-state index is 11.7. The topological polar surface area (TPSA) is 114 Å². The Morgan fingerprint density at radius 3 is 1.31 bits per heavy atom. The molecule has 5 heterocycles. The number of halogens is 1. The zero-order valence-corrected chi connectivity index (χ0v) is 31.8. The number of rotatable bonds is 2. The molecule has 0 aliphatic carbocycles. The van der Waals surface area contributed by atoms with Crippen molar-refractivity contribution in [2.75, 3.05) is 0 Å². The maximum atomic E-state index is 11.7.